The molecule has 4 aliphatic carbocycles. The third kappa shape index (κ3) is 8.39. The molecule has 0 N–H and O–H groups in total. The van der Waals surface area contributed by atoms with Gasteiger partial charge in [-0.15, -0.1) is 0 Å². The van der Waals surface area contributed by atoms with E-state index in [0.29, 0.717) is 0 Å². The molecule has 4 aliphatic rings. The van der Waals surface area contributed by atoms with Gasteiger partial charge in [0.15, 0.2) is 0 Å². The van der Waals surface area contributed by atoms with E-state index >= 15 is 0 Å². The van der Waals surface area contributed by atoms with Crippen LogP contribution in [0.2, 0.25) is 0 Å². The first kappa shape index (κ1) is 28.3. The van der Waals surface area contributed by atoms with Crippen molar-refractivity contribution >= 4 is 69.9 Å². The Morgan fingerprint density at radius 1 is 0.559 bits per heavy atom. The van der Waals surface area contributed by atoms with Crippen LogP contribution in [-0.2, 0) is 0 Å². The molecule has 0 unspecified atom stereocenters. The van der Waals surface area contributed by atoms with E-state index < -0.39 is 0 Å². The van der Waals surface area contributed by atoms with Gasteiger partial charge in [-0.2, -0.15) is 0 Å². The van der Waals surface area contributed by atoms with Crippen molar-refractivity contribution in [3.05, 3.63) is 0 Å². The van der Waals surface area contributed by atoms with Crippen LogP contribution < -0.4 is 0 Å². The second-order valence-corrected chi connectivity index (χ2v) is 20.7. The molecule has 7 heteroatoms. The van der Waals surface area contributed by atoms with E-state index in [2.05, 4.69) is 27.8 Å². The Labute approximate surface area is 236 Å². The van der Waals surface area contributed by atoms with Gasteiger partial charge >= 0.3 is 238 Å². The number of nitrogens with zero attached hydrogens (tertiary/aromatic N) is 2. The summed E-state index contributed by atoms with van der Waals surface area (Å²) in [7, 11) is 4.22. The van der Waals surface area contributed by atoms with Gasteiger partial charge in [0.05, 0.1) is 0 Å². The fraction of sp³-hybridized carbons (Fsp3) is 0.926. The summed E-state index contributed by atoms with van der Waals surface area (Å²) in [6, 6.07) is 2.91. The first-order valence-electron chi connectivity index (χ1n) is 14.3. The topological polar surface area (TPSA) is 6.48 Å². The van der Waals surface area contributed by atoms with Crippen LogP contribution >= 0.6 is 42.4 Å². The van der Waals surface area contributed by atoms with Crippen LogP contribution in [0.4, 0.5) is 0 Å². The van der Waals surface area contributed by atoms with Crippen molar-refractivity contribution in [1.29, 1.82) is 0 Å². The Hall–Kier alpha value is 1.27. The molecule has 0 aliphatic heterocycles. The van der Waals surface area contributed by atoms with E-state index in [1.54, 1.807) is 0 Å². The predicted octanol–water partition coefficient (Wildman–Crippen LogP) is 8.53. The van der Waals surface area contributed by atoms with Crippen LogP contribution in [0.3, 0.4) is 0 Å². The zero-order chi connectivity index (χ0) is 23.6. The molecule has 0 spiro atoms. The van der Waals surface area contributed by atoms with Gasteiger partial charge < -0.3 is 0 Å². The van der Waals surface area contributed by atoms with Crippen LogP contribution in [0, 0.1) is 0 Å². The normalized spacial score (nSPS) is 24.1. The van der Waals surface area contributed by atoms with Crippen LogP contribution in [0.5, 0.6) is 0 Å². The van der Waals surface area contributed by atoms with Crippen molar-refractivity contribution in [2.75, 3.05) is 5.75 Å². The molecular formula is C27H46N2S4Te. The summed E-state index contributed by atoms with van der Waals surface area (Å²) in [4.78, 5) is 6.81. The van der Waals surface area contributed by atoms with Crippen molar-refractivity contribution in [2.45, 2.75) is 153 Å². The molecule has 0 radical (unpaired) electrons. The molecule has 0 aromatic heterocycles. The summed E-state index contributed by atoms with van der Waals surface area (Å²) < 4.78 is 1.25. The predicted molar refractivity (Wildman–Crippen MR) is 162 cm³/mol. The Morgan fingerprint density at radius 3 is 1.29 bits per heavy atom. The van der Waals surface area contributed by atoms with E-state index in [4.69, 9.17) is 24.4 Å². The molecule has 0 atom stereocenters. The van der Waals surface area contributed by atoms with Gasteiger partial charge in [0.2, 0.25) is 0 Å². The Morgan fingerprint density at radius 2 is 0.912 bits per heavy atom. The zero-order valence-electron chi connectivity index (χ0n) is 21.1. The second kappa shape index (κ2) is 15.6. The molecule has 194 valence electrons. The Kier molecular flexibility index (Phi) is 13.0. The van der Waals surface area contributed by atoms with Crippen molar-refractivity contribution in [1.82, 2.24) is 9.80 Å². The maximum absolute atomic E-state index is 6.15. The summed E-state index contributed by atoms with van der Waals surface area (Å²) in [5.41, 5.74) is 0. The number of rotatable bonds is 8. The minimum absolute atomic E-state index is 0.256. The fourth-order valence-corrected chi connectivity index (χ4v) is 17.0. The number of hydrogen-bond acceptors (Lipinski definition) is 4. The van der Waals surface area contributed by atoms with E-state index in [1.807, 2.05) is 0 Å². The molecule has 4 saturated carbocycles. The van der Waals surface area contributed by atoms with Crippen LogP contribution in [0.1, 0.15) is 128 Å². The van der Waals surface area contributed by atoms with Crippen LogP contribution in [0.15, 0.2) is 0 Å². The molecule has 4 rings (SSSR count). The monoisotopic (exact) mass is 656 g/mol. The van der Waals surface area contributed by atoms with Gasteiger partial charge in [0.25, 0.3) is 0 Å². The minimum atomic E-state index is -0.256. The zero-order valence-corrected chi connectivity index (χ0v) is 26.7. The maximum atomic E-state index is 6.15. The molecule has 4 fully saturated rings. The average Bonchev–Trinajstić information content (AvgIpc) is 2.89. The van der Waals surface area contributed by atoms with Crippen LogP contribution in [0.25, 0.3) is 0 Å². The van der Waals surface area contributed by atoms with Crippen molar-refractivity contribution in [3.8, 4) is 0 Å². The summed E-state index contributed by atoms with van der Waals surface area (Å²) in [5.74, 6) is 1.06. The number of thiocarbonyl (C=S) groups is 2. The van der Waals surface area contributed by atoms with Crippen LogP contribution in [-0.4, -0.2) is 67.2 Å². The Balaban J connectivity index is 1.28. The standard InChI is InChI=1S/C27H46N2S4Te/c30-26(28(22-13-5-1-6-14-22)23-15-7-2-8-16-23)21-32-34-33-27(31)29(24-17-9-3-10-18-24)25-19-11-4-12-20-25/h22-25H,1-21H2. The molecular weight excluding hydrogens is 608 g/mol. The fourth-order valence-electron chi connectivity index (χ4n) is 6.98. The Bertz CT molecular complexity index is 534. The van der Waals surface area contributed by atoms with Gasteiger partial charge in [-0.25, -0.2) is 0 Å². The third-order valence-electron chi connectivity index (χ3n) is 8.71. The molecule has 0 heterocycles. The van der Waals surface area contributed by atoms with Crippen molar-refractivity contribution in [2.24, 2.45) is 0 Å². The van der Waals surface area contributed by atoms with E-state index in [-0.39, 0.29) is 18.2 Å². The van der Waals surface area contributed by atoms with Crippen molar-refractivity contribution in [3.63, 3.8) is 0 Å². The molecule has 0 aromatic carbocycles. The summed E-state index contributed by atoms with van der Waals surface area (Å²) in [5, 5.41) is 0. The molecule has 0 saturated heterocycles. The van der Waals surface area contributed by atoms with E-state index in [1.165, 1.54) is 138 Å². The SMILES string of the molecule is S=C(CS[Te]SC(=S)N(C1CCCCC1)C1CCCCC1)N(C1CCCCC1)C1CCCCC1. The molecule has 0 bridgehead atoms. The molecule has 34 heavy (non-hydrogen) atoms. The van der Waals surface area contributed by atoms with E-state index in [0.717, 1.165) is 29.9 Å². The van der Waals surface area contributed by atoms with E-state index in [9.17, 15) is 0 Å². The van der Waals surface area contributed by atoms with Crippen molar-refractivity contribution < 1.29 is 0 Å². The summed E-state index contributed by atoms with van der Waals surface area (Å²) >= 11 is 12.0. The van der Waals surface area contributed by atoms with Gasteiger partial charge in [-0.05, 0) is 0 Å². The second-order valence-electron chi connectivity index (χ2n) is 11.1. The molecule has 0 aromatic rings. The molecule has 0 amide bonds. The van der Waals surface area contributed by atoms with Gasteiger partial charge in [-0.3, -0.25) is 0 Å². The average molecular weight is 655 g/mol. The first-order chi connectivity index (χ1) is 16.7. The van der Waals surface area contributed by atoms with Gasteiger partial charge in [-0.1, -0.05) is 0 Å². The third-order valence-corrected chi connectivity index (χ3v) is 18.7. The first-order valence-corrected chi connectivity index (χ1v) is 22.5. The van der Waals surface area contributed by atoms with Gasteiger partial charge in [0, 0.05) is 0 Å². The number of hydrogen-bond donors (Lipinski definition) is 0. The quantitative estimate of drug-likeness (QED) is 0.146. The summed E-state index contributed by atoms with van der Waals surface area (Å²) in [6.07, 6.45) is 27.9. The summed E-state index contributed by atoms with van der Waals surface area (Å²) in [6.45, 7) is 0. The van der Waals surface area contributed by atoms with Gasteiger partial charge in [0.1, 0.15) is 0 Å². The molecule has 2 nitrogen and oxygen atoms in total.